The summed E-state index contributed by atoms with van der Waals surface area (Å²) in [4.78, 5) is 4.91. The Morgan fingerprint density at radius 2 is 1.94 bits per heavy atom. The first-order valence-electron chi connectivity index (χ1n) is 7.18. The van der Waals surface area contributed by atoms with Gasteiger partial charge in [0.25, 0.3) is 0 Å². The van der Waals surface area contributed by atoms with Gasteiger partial charge in [-0.3, -0.25) is 4.99 Å². The molecule has 0 aromatic rings. The van der Waals surface area contributed by atoms with Crippen LogP contribution in [-0.4, -0.2) is 22.5 Å². The second-order valence-electron chi connectivity index (χ2n) is 5.65. The smallest absolute Gasteiger partial charge is 0.157 e. The number of thioether (sulfide) groups is 1. The molecule has 1 aliphatic heterocycles. The fourth-order valence-corrected chi connectivity index (χ4v) is 4.46. The highest BCUT2D eigenvalue weighted by Crippen LogP contribution is 2.37. The van der Waals surface area contributed by atoms with E-state index in [-0.39, 0.29) is 0 Å². The SMILES string of the molecule is CCC(CC)C(C)N=C1NC2(CCCC2)CS1. The van der Waals surface area contributed by atoms with Gasteiger partial charge in [0.1, 0.15) is 0 Å². The maximum atomic E-state index is 4.91. The standard InChI is InChI=1S/C14H26N2S/c1-4-12(5-2)11(3)15-13-16-14(10-17-13)8-6-7-9-14/h11-12H,4-10H2,1-3H3,(H,15,16). The van der Waals surface area contributed by atoms with Crippen molar-refractivity contribution in [3.8, 4) is 0 Å². The Morgan fingerprint density at radius 3 is 2.53 bits per heavy atom. The molecule has 1 saturated carbocycles. The molecule has 0 radical (unpaired) electrons. The van der Waals surface area contributed by atoms with Crippen molar-refractivity contribution in [3.05, 3.63) is 0 Å². The van der Waals surface area contributed by atoms with Crippen molar-refractivity contribution >= 4 is 16.9 Å². The largest absolute Gasteiger partial charge is 0.359 e. The van der Waals surface area contributed by atoms with Crippen molar-refractivity contribution in [1.29, 1.82) is 0 Å². The highest BCUT2D eigenvalue weighted by Gasteiger charge is 2.39. The van der Waals surface area contributed by atoms with E-state index in [9.17, 15) is 0 Å². The van der Waals surface area contributed by atoms with Gasteiger partial charge in [0.2, 0.25) is 0 Å². The second-order valence-corrected chi connectivity index (χ2v) is 6.62. The zero-order valence-corrected chi connectivity index (χ0v) is 12.3. The van der Waals surface area contributed by atoms with E-state index in [1.165, 1.54) is 49.4 Å². The van der Waals surface area contributed by atoms with Gasteiger partial charge in [-0.05, 0) is 25.7 Å². The Labute approximate surface area is 110 Å². The van der Waals surface area contributed by atoms with E-state index in [1.54, 1.807) is 0 Å². The Hall–Kier alpha value is -0.180. The number of nitrogens with zero attached hydrogens (tertiary/aromatic N) is 1. The minimum absolute atomic E-state index is 0.414. The monoisotopic (exact) mass is 254 g/mol. The quantitative estimate of drug-likeness (QED) is 0.825. The molecule has 0 aromatic heterocycles. The summed E-state index contributed by atoms with van der Waals surface area (Å²) < 4.78 is 0. The van der Waals surface area contributed by atoms with Gasteiger partial charge in [-0.15, -0.1) is 0 Å². The Bertz CT molecular complexity index is 278. The summed E-state index contributed by atoms with van der Waals surface area (Å²) in [5, 5.41) is 4.93. The summed E-state index contributed by atoms with van der Waals surface area (Å²) in [6.07, 6.45) is 7.96. The zero-order valence-electron chi connectivity index (χ0n) is 11.5. The van der Waals surface area contributed by atoms with Crippen molar-refractivity contribution < 1.29 is 0 Å². The molecule has 1 spiro atoms. The molecular weight excluding hydrogens is 228 g/mol. The van der Waals surface area contributed by atoms with E-state index in [0.29, 0.717) is 11.6 Å². The van der Waals surface area contributed by atoms with Gasteiger partial charge >= 0.3 is 0 Å². The predicted octanol–water partition coefficient (Wildman–Crippen LogP) is 3.82. The van der Waals surface area contributed by atoms with E-state index < -0.39 is 0 Å². The lowest BCUT2D eigenvalue weighted by Gasteiger charge is -2.23. The van der Waals surface area contributed by atoms with Gasteiger partial charge in [-0.2, -0.15) is 0 Å². The Balaban J connectivity index is 1.95. The van der Waals surface area contributed by atoms with E-state index in [1.807, 2.05) is 11.8 Å². The summed E-state index contributed by atoms with van der Waals surface area (Å²) in [5.74, 6) is 1.98. The van der Waals surface area contributed by atoms with Crippen LogP contribution in [0.2, 0.25) is 0 Å². The van der Waals surface area contributed by atoms with Crippen molar-refractivity contribution in [2.75, 3.05) is 5.75 Å². The average molecular weight is 254 g/mol. The van der Waals surface area contributed by atoms with Gasteiger partial charge in [0.05, 0.1) is 6.04 Å². The van der Waals surface area contributed by atoms with Crippen LogP contribution in [-0.2, 0) is 0 Å². The van der Waals surface area contributed by atoms with Crippen molar-refractivity contribution in [1.82, 2.24) is 5.32 Å². The third-order valence-corrected chi connectivity index (χ3v) is 5.65. The van der Waals surface area contributed by atoms with Gasteiger partial charge in [0, 0.05) is 11.3 Å². The molecule has 17 heavy (non-hydrogen) atoms. The third-order valence-electron chi connectivity index (χ3n) is 4.47. The van der Waals surface area contributed by atoms with E-state index >= 15 is 0 Å². The molecule has 0 amide bonds. The number of hydrogen-bond acceptors (Lipinski definition) is 2. The number of nitrogens with one attached hydrogen (secondary N) is 1. The number of aliphatic imine (C=N–C) groups is 1. The average Bonchev–Trinajstić information content (AvgIpc) is 2.92. The first-order chi connectivity index (χ1) is 8.19. The minimum atomic E-state index is 0.414. The predicted molar refractivity (Wildman–Crippen MR) is 77.8 cm³/mol. The molecule has 0 bridgehead atoms. The van der Waals surface area contributed by atoms with Crippen LogP contribution in [0.15, 0.2) is 4.99 Å². The molecule has 2 aliphatic rings. The van der Waals surface area contributed by atoms with Crippen molar-refractivity contribution in [2.45, 2.75) is 70.9 Å². The summed E-state index contributed by atoms with van der Waals surface area (Å²) >= 11 is 1.94. The molecule has 3 heteroatoms. The van der Waals surface area contributed by atoms with Gasteiger partial charge in [-0.1, -0.05) is 51.3 Å². The van der Waals surface area contributed by atoms with Crippen LogP contribution in [0.25, 0.3) is 0 Å². The van der Waals surface area contributed by atoms with Crippen LogP contribution in [0.4, 0.5) is 0 Å². The lowest BCUT2D eigenvalue weighted by Crippen LogP contribution is -2.41. The van der Waals surface area contributed by atoms with Gasteiger partial charge in [-0.25, -0.2) is 0 Å². The van der Waals surface area contributed by atoms with Crippen LogP contribution < -0.4 is 5.32 Å². The molecule has 1 atom stereocenters. The highest BCUT2D eigenvalue weighted by atomic mass is 32.2. The van der Waals surface area contributed by atoms with Crippen LogP contribution in [0.5, 0.6) is 0 Å². The normalized spacial score (nSPS) is 26.9. The van der Waals surface area contributed by atoms with E-state index in [0.717, 1.165) is 5.92 Å². The number of hydrogen-bond donors (Lipinski definition) is 1. The molecule has 0 aromatic carbocycles. The number of rotatable bonds is 4. The van der Waals surface area contributed by atoms with Crippen molar-refractivity contribution in [2.24, 2.45) is 10.9 Å². The third kappa shape index (κ3) is 2.98. The maximum Gasteiger partial charge on any atom is 0.157 e. The summed E-state index contributed by atoms with van der Waals surface area (Å²) in [6, 6.07) is 0.469. The first-order valence-corrected chi connectivity index (χ1v) is 8.16. The topological polar surface area (TPSA) is 24.4 Å². The molecule has 1 aliphatic carbocycles. The molecule has 1 saturated heterocycles. The summed E-state index contributed by atoms with van der Waals surface area (Å²) in [5.41, 5.74) is 0.414. The van der Waals surface area contributed by atoms with E-state index in [2.05, 4.69) is 26.1 Å². The van der Waals surface area contributed by atoms with Crippen LogP contribution >= 0.6 is 11.8 Å². The fourth-order valence-electron chi connectivity index (χ4n) is 3.16. The highest BCUT2D eigenvalue weighted by molar-refractivity contribution is 8.14. The maximum absolute atomic E-state index is 4.91. The molecular formula is C14H26N2S. The minimum Gasteiger partial charge on any atom is -0.359 e. The molecule has 98 valence electrons. The van der Waals surface area contributed by atoms with E-state index in [4.69, 9.17) is 4.99 Å². The fraction of sp³-hybridized carbons (Fsp3) is 0.929. The Kier molecular flexibility index (Phi) is 4.40. The molecule has 1 N–H and O–H groups in total. The Morgan fingerprint density at radius 1 is 1.29 bits per heavy atom. The molecule has 2 nitrogen and oxygen atoms in total. The van der Waals surface area contributed by atoms with Crippen molar-refractivity contribution in [3.63, 3.8) is 0 Å². The van der Waals surface area contributed by atoms with Crippen LogP contribution in [0.3, 0.4) is 0 Å². The molecule has 2 rings (SSSR count). The lowest BCUT2D eigenvalue weighted by atomic mass is 9.96. The molecule has 2 fully saturated rings. The van der Waals surface area contributed by atoms with Gasteiger partial charge in [0.15, 0.2) is 5.17 Å². The van der Waals surface area contributed by atoms with Crippen LogP contribution in [0, 0.1) is 5.92 Å². The first kappa shape index (κ1) is 13.3. The lowest BCUT2D eigenvalue weighted by molar-refractivity contribution is 0.414. The number of amidine groups is 1. The summed E-state index contributed by atoms with van der Waals surface area (Å²) in [6.45, 7) is 6.82. The zero-order chi connectivity index (χ0) is 12.3. The second kappa shape index (κ2) is 5.64. The molecule has 1 heterocycles. The summed E-state index contributed by atoms with van der Waals surface area (Å²) in [7, 11) is 0. The van der Waals surface area contributed by atoms with Gasteiger partial charge < -0.3 is 5.32 Å². The molecule has 1 unspecified atom stereocenters. The van der Waals surface area contributed by atoms with Crippen LogP contribution in [0.1, 0.15) is 59.3 Å².